The molecule has 1 amide bonds. The molecule has 4 nitrogen and oxygen atoms in total. The number of thioether (sulfide) groups is 1. The summed E-state index contributed by atoms with van der Waals surface area (Å²) in [6.45, 7) is 3.78. The van der Waals surface area contributed by atoms with Crippen LogP contribution in [0.5, 0.6) is 5.75 Å². The summed E-state index contributed by atoms with van der Waals surface area (Å²) in [5, 5.41) is 0. The molecule has 0 bridgehead atoms. The highest BCUT2D eigenvalue weighted by Gasteiger charge is 2.24. The van der Waals surface area contributed by atoms with Gasteiger partial charge in [0.25, 0.3) is 0 Å². The minimum Gasteiger partial charge on any atom is -0.497 e. The minimum absolute atomic E-state index is 0.239. The largest absolute Gasteiger partial charge is 0.497 e. The molecule has 1 aromatic rings. The molecule has 1 aliphatic heterocycles. The number of piperidine rings is 1. The Hall–Kier alpha value is -1.20. The van der Waals surface area contributed by atoms with Gasteiger partial charge >= 0.3 is 0 Å². The van der Waals surface area contributed by atoms with E-state index in [4.69, 9.17) is 10.5 Å². The third-order valence-corrected chi connectivity index (χ3v) is 5.29. The van der Waals surface area contributed by atoms with Gasteiger partial charge in [-0.05, 0) is 49.9 Å². The van der Waals surface area contributed by atoms with Crippen molar-refractivity contribution in [3.63, 3.8) is 0 Å². The third kappa shape index (κ3) is 4.92. The minimum atomic E-state index is 0.239. The second-order valence-corrected chi connectivity index (χ2v) is 7.02. The Morgan fingerprint density at radius 2 is 2.00 bits per heavy atom. The molecule has 22 heavy (non-hydrogen) atoms. The number of amides is 1. The zero-order chi connectivity index (χ0) is 15.9. The first-order valence-corrected chi connectivity index (χ1v) is 8.89. The Morgan fingerprint density at radius 3 is 2.55 bits per heavy atom. The lowest BCUT2D eigenvalue weighted by molar-refractivity contribution is -0.132. The van der Waals surface area contributed by atoms with E-state index >= 15 is 0 Å². The van der Waals surface area contributed by atoms with Gasteiger partial charge in [0.2, 0.25) is 5.91 Å². The van der Waals surface area contributed by atoms with E-state index in [1.54, 1.807) is 18.9 Å². The van der Waals surface area contributed by atoms with E-state index in [1.807, 2.05) is 29.2 Å². The van der Waals surface area contributed by atoms with Crippen LogP contribution in [0.15, 0.2) is 29.2 Å². The van der Waals surface area contributed by atoms with Gasteiger partial charge in [-0.1, -0.05) is 0 Å². The number of hydrogen-bond acceptors (Lipinski definition) is 4. The van der Waals surface area contributed by atoms with Crippen molar-refractivity contribution in [1.29, 1.82) is 0 Å². The van der Waals surface area contributed by atoms with Crippen molar-refractivity contribution in [3.05, 3.63) is 24.3 Å². The van der Waals surface area contributed by atoms with E-state index in [0.717, 1.165) is 37.4 Å². The van der Waals surface area contributed by atoms with Gasteiger partial charge in [0, 0.05) is 36.2 Å². The number of nitrogens with zero attached hydrogens (tertiary/aromatic N) is 1. The van der Waals surface area contributed by atoms with Gasteiger partial charge in [-0.2, -0.15) is 0 Å². The molecule has 1 heterocycles. The Bertz CT molecular complexity index is 468. The van der Waals surface area contributed by atoms with Crippen LogP contribution in [-0.4, -0.2) is 42.8 Å². The lowest BCUT2D eigenvalue weighted by Crippen LogP contribution is -2.42. The summed E-state index contributed by atoms with van der Waals surface area (Å²) in [5.41, 5.74) is 5.94. The molecule has 0 radical (unpaired) electrons. The van der Waals surface area contributed by atoms with Gasteiger partial charge < -0.3 is 15.4 Å². The van der Waals surface area contributed by atoms with Crippen molar-refractivity contribution >= 4 is 17.7 Å². The van der Waals surface area contributed by atoms with Crippen LogP contribution in [-0.2, 0) is 4.79 Å². The summed E-state index contributed by atoms with van der Waals surface area (Å²) in [6, 6.07) is 8.19. The SMILES string of the molecule is COc1ccc(SCCC(=O)N2CCC(C(C)N)CC2)cc1. The first-order chi connectivity index (χ1) is 10.6. The van der Waals surface area contributed by atoms with Crippen molar-refractivity contribution in [1.82, 2.24) is 4.90 Å². The van der Waals surface area contributed by atoms with Crippen molar-refractivity contribution in [2.24, 2.45) is 11.7 Å². The van der Waals surface area contributed by atoms with Gasteiger partial charge in [0.15, 0.2) is 0 Å². The number of likely N-dealkylation sites (tertiary alicyclic amines) is 1. The smallest absolute Gasteiger partial charge is 0.223 e. The normalized spacial score (nSPS) is 17.3. The first-order valence-electron chi connectivity index (χ1n) is 7.90. The van der Waals surface area contributed by atoms with Gasteiger partial charge in [0.05, 0.1) is 7.11 Å². The Balaban J connectivity index is 1.69. The molecule has 0 aliphatic carbocycles. The molecule has 1 aromatic carbocycles. The maximum Gasteiger partial charge on any atom is 0.223 e. The average molecular weight is 322 g/mol. The van der Waals surface area contributed by atoms with Crippen LogP contribution in [0, 0.1) is 5.92 Å². The zero-order valence-corrected chi connectivity index (χ0v) is 14.3. The number of nitrogens with two attached hydrogens (primary N) is 1. The molecule has 122 valence electrons. The second-order valence-electron chi connectivity index (χ2n) is 5.85. The maximum absolute atomic E-state index is 12.2. The molecule has 5 heteroatoms. The highest BCUT2D eigenvalue weighted by Crippen LogP contribution is 2.23. The molecule has 2 rings (SSSR count). The average Bonchev–Trinajstić information content (AvgIpc) is 2.55. The van der Waals surface area contributed by atoms with Gasteiger partial charge in [0.1, 0.15) is 5.75 Å². The van der Waals surface area contributed by atoms with Crippen LogP contribution in [0.1, 0.15) is 26.2 Å². The first kappa shape index (κ1) is 17.2. The van der Waals surface area contributed by atoms with Gasteiger partial charge in [-0.15, -0.1) is 11.8 Å². The summed E-state index contributed by atoms with van der Waals surface area (Å²) in [4.78, 5) is 15.4. The van der Waals surface area contributed by atoms with Crippen molar-refractivity contribution in [3.8, 4) is 5.75 Å². The summed E-state index contributed by atoms with van der Waals surface area (Å²) >= 11 is 1.71. The number of hydrogen-bond donors (Lipinski definition) is 1. The molecule has 1 aliphatic rings. The molecule has 1 fully saturated rings. The van der Waals surface area contributed by atoms with E-state index in [-0.39, 0.29) is 11.9 Å². The number of methoxy groups -OCH3 is 1. The number of rotatable bonds is 6. The standard InChI is InChI=1S/C17H26N2O2S/c1-13(18)14-7-10-19(11-8-14)17(20)9-12-22-16-5-3-15(21-2)4-6-16/h3-6,13-14H,7-12,18H2,1-2H3. The van der Waals surface area contributed by atoms with E-state index in [2.05, 4.69) is 6.92 Å². The number of carbonyl (C=O) groups excluding carboxylic acids is 1. The molecule has 1 unspecified atom stereocenters. The number of carbonyl (C=O) groups is 1. The van der Waals surface area contributed by atoms with E-state index < -0.39 is 0 Å². The molecule has 0 saturated carbocycles. The van der Waals surface area contributed by atoms with Crippen molar-refractivity contribution in [2.75, 3.05) is 26.0 Å². The van der Waals surface area contributed by atoms with Crippen LogP contribution >= 0.6 is 11.8 Å². The van der Waals surface area contributed by atoms with Gasteiger partial charge in [-0.3, -0.25) is 4.79 Å². The monoisotopic (exact) mass is 322 g/mol. The summed E-state index contributed by atoms with van der Waals surface area (Å²) in [7, 11) is 1.66. The maximum atomic E-state index is 12.2. The number of benzene rings is 1. The molecular weight excluding hydrogens is 296 g/mol. The molecule has 2 N–H and O–H groups in total. The second kappa shape index (κ2) is 8.44. The molecule has 1 atom stereocenters. The summed E-state index contributed by atoms with van der Waals surface area (Å²) in [6.07, 6.45) is 2.67. The molecule has 1 saturated heterocycles. The Morgan fingerprint density at radius 1 is 1.36 bits per heavy atom. The molecule has 0 aromatic heterocycles. The quantitative estimate of drug-likeness (QED) is 0.818. The van der Waals surface area contributed by atoms with Crippen LogP contribution in [0.3, 0.4) is 0 Å². The van der Waals surface area contributed by atoms with Crippen LogP contribution < -0.4 is 10.5 Å². The predicted molar refractivity (Wildman–Crippen MR) is 91.3 cm³/mol. The molecule has 0 spiro atoms. The molecular formula is C17H26N2O2S. The fourth-order valence-electron chi connectivity index (χ4n) is 2.76. The fraction of sp³-hybridized carbons (Fsp3) is 0.588. The van der Waals surface area contributed by atoms with Crippen molar-refractivity contribution < 1.29 is 9.53 Å². The fourth-order valence-corrected chi connectivity index (χ4v) is 3.60. The summed E-state index contributed by atoms with van der Waals surface area (Å²) in [5.74, 6) is 2.51. The lowest BCUT2D eigenvalue weighted by atomic mass is 9.91. The van der Waals surface area contributed by atoms with Gasteiger partial charge in [-0.25, -0.2) is 0 Å². The highest BCUT2D eigenvalue weighted by atomic mass is 32.2. The highest BCUT2D eigenvalue weighted by molar-refractivity contribution is 7.99. The topological polar surface area (TPSA) is 55.6 Å². The Labute approximate surface area is 137 Å². The van der Waals surface area contributed by atoms with E-state index in [0.29, 0.717) is 12.3 Å². The lowest BCUT2D eigenvalue weighted by Gasteiger charge is -2.33. The predicted octanol–water partition coefficient (Wildman–Crippen LogP) is 2.76. The summed E-state index contributed by atoms with van der Waals surface area (Å²) < 4.78 is 5.14. The third-order valence-electron chi connectivity index (χ3n) is 4.28. The Kier molecular flexibility index (Phi) is 6.58. The van der Waals surface area contributed by atoms with E-state index in [9.17, 15) is 4.79 Å². The van der Waals surface area contributed by atoms with E-state index in [1.165, 1.54) is 4.90 Å². The van der Waals surface area contributed by atoms with Crippen LogP contribution in [0.25, 0.3) is 0 Å². The zero-order valence-electron chi connectivity index (χ0n) is 13.5. The number of ether oxygens (including phenoxy) is 1. The van der Waals surface area contributed by atoms with Crippen molar-refractivity contribution in [2.45, 2.75) is 37.1 Å². The van der Waals surface area contributed by atoms with Crippen LogP contribution in [0.2, 0.25) is 0 Å². The van der Waals surface area contributed by atoms with Crippen LogP contribution in [0.4, 0.5) is 0 Å².